The minimum Gasteiger partial charge on any atom is -0.480 e. The smallest absolute Gasteiger partial charge is 0.328 e. The molecule has 0 aromatic heterocycles. The van der Waals surface area contributed by atoms with Gasteiger partial charge in [0, 0.05) is 4.47 Å². The Morgan fingerprint density at radius 1 is 1.47 bits per heavy atom. The molecule has 0 bridgehead atoms. The number of benzene rings is 1. The number of carbonyl (C=O) groups is 2. The first-order valence-corrected chi connectivity index (χ1v) is 6.56. The number of carboxylic acid groups (broad SMARTS) is 1. The van der Waals surface area contributed by atoms with Crippen LogP contribution in [0.2, 0.25) is 0 Å². The van der Waals surface area contributed by atoms with E-state index in [0.717, 1.165) is 0 Å². The average Bonchev–Trinajstić information content (AvgIpc) is 2.36. The van der Waals surface area contributed by atoms with Crippen molar-refractivity contribution >= 4 is 27.9 Å². The van der Waals surface area contributed by atoms with Gasteiger partial charge in [-0.1, -0.05) is 40.2 Å². The second-order valence-corrected chi connectivity index (χ2v) is 4.76. The molecule has 5 heteroatoms. The first-order chi connectivity index (χ1) is 9.00. The highest BCUT2D eigenvalue weighted by Gasteiger charge is 2.49. The summed E-state index contributed by atoms with van der Waals surface area (Å²) in [6.45, 7) is 5.30. The predicted molar refractivity (Wildman–Crippen MR) is 74.9 cm³/mol. The lowest BCUT2D eigenvalue weighted by Gasteiger charge is -2.27. The Kier molecular flexibility index (Phi) is 5.30. The number of aliphatic carboxylic acids is 1. The standard InChI is InChI=1S/C14H15BrO4/c1-3-9-14(12(16)17,13(18)19-4-2)10-7-5-6-8-11(10)15/h3,5-8H,1,4,9H2,2H3,(H,16,17). The molecule has 0 radical (unpaired) electrons. The Bertz CT molecular complexity index is 498. The van der Waals surface area contributed by atoms with Gasteiger partial charge < -0.3 is 9.84 Å². The maximum Gasteiger partial charge on any atom is 0.328 e. The molecule has 0 saturated carbocycles. The molecule has 0 aliphatic carbocycles. The van der Waals surface area contributed by atoms with Crippen molar-refractivity contribution in [3.05, 3.63) is 47.0 Å². The normalized spacial score (nSPS) is 13.4. The van der Waals surface area contributed by atoms with Crippen molar-refractivity contribution in [1.29, 1.82) is 0 Å². The van der Waals surface area contributed by atoms with E-state index in [1.807, 2.05) is 0 Å². The van der Waals surface area contributed by atoms with E-state index in [1.54, 1.807) is 31.2 Å². The van der Waals surface area contributed by atoms with Crippen LogP contribution in [0.4, 0.5) is 0 Å². The van der Waals surface area contributed by atoms with Crippen LogP contribution in [0.3, 0.4) is 0 Å². The highest BCUT2D eigenvalue weighted by Crippen LogP contribution is 2.35. The number of hydrogen-bond donors (Lipinski definition) is 1. The second-order valence-electron chi connectivity index (χ2n) is 3.90. The molecule has 19 heavy (non-hydrogen) atoms. The minimum absolute atomic E-state index is 0.0379. The summed E-state index contributed by atoms with van der Waals surface area (Å²) in [5, 5.41) is 9.56. The molecule has 0 heterocycles. The van der Waals surface area contributed by atoms with E-state index in [2.05, 4.69) is 22.5 Å². The highest BCUT2D eigenvalue weighted by molar-refractivity contribution is 9.10. The molecule has 1 N–H and O–H groups in total. The second kappa shape index (κ2) is 6.52. The number of carbonyl (C=O) groups excluding carboxylic acids is 1. The number of carboxylic acids is 1. The maximum absolute atomic E-state index is 12.2. The molecule has 1 rings (SSSR count). The Labute approximate surface area is 120 Å². The third-order valence-electron chi connectivity index (χ3n) is 2.77. The monoisotopic (exact) mass is 326 g/mol. The molecular formula is C14H15BrO4. The van der Waals surface area contributed by atoms with Crippen LogP contribution in [0.25, 0.3) is 0 Å². The first kappa shape index (κ1) is 15.4. The van der Waals surface area contributed by atoms with Gasteiger partial charge in [0.2, 0.25) is 0 Å². The predicted octanol–water partition coefficient (Wildman–Crippen LogP) is 2.91. The van der Waals surface area contributed by atoms with Gasteiger partial charge in [-0.15, -0.1) is 6.58 Å². The molecule has 0 saturated heterocycles. The van der Waals surface area contributed by atoms with E-state index >= 15 is 0 Å². The molecule has 1 aromatic rings. The van der Waals surface area contributed by atoms with Crippen LogP contribution in [0.15, 0.2) is 41.4 Å². The summed E-state index contributed by atoms with van der Waals surface area (Å²) in [5.74, 6) is -2.04. The van der Waals surface area contributed by atoms with Gasteiger partial charge in [-0.25, -0.2) is 0 Å². The van der Waals surface area contributed by atoms with Gasteiger partial charge in [-0.2, -0.15) is 0 Å². The van der Waals surface area contributed by atoms with Gasteiger partial charge in [0.15, 0.2) is 5.41 Å². The Balaban J connectivity index is 3.48. The lowest BCUT2D eigenvalue weighted by atomic mass is 9.77. The summed E-state index contributed by atoms with van der Waals surface area (Å²) in [6, 6.07) is 6.72. The van der Waals surface area contributed by atoms with Crippen LogP contribution >= 0.6 is 15.9 Å². The van der Waals surface area contributed by atoms with Gasteiger partial charge in [0.25, 0.3) is 0 Å². The summed E-state index contributed by atoms with van der Waals surface area (Å²) < 4.78 is 5.49. The number of rotatable bonds is 6. The Hall–Kier alpha value is -1.62. The summed E-state index contributed by atoms with van der Waals surface area (Å²) in [7, 11) is 0. The largest absolute Gasteiger partial charge is 0.480 e. The van der Waals surface area contributed by atoms with Crippen molar-refractivity contribution < 1.29 is 19.4 Å². The van der Waals surface area contributed by atoms with Crippen LogP contribution in [0.1, 0.15) is 18.9 Å². The first-order valence-electron chi connectivity index (χ1n) is 5.77. The fourth-order valence-electron chi connectivity index (χ4n) is 1.87. The molecule has 0 amide bonds. The van der Waals surface area contributed by atoms with Gasteiger partial charge >= 0.3 is 11.9 Å². The van der Waals surface area contributed by atoms with Crippen molar-refractivity contribution in [3.8, 4) is 0 Å². The van der Waals surface area contributed by atoms with Gasteiger partial charge in [-0.3, -0.25) is 9.59 Å². The van der Waals surface area contributed by atoms with E-state index in [0.29, 0.717) is 10.0 Å². The Morgan fingerprint density at radius 3 is 2.58 bits per heavy atom. The summed E-state index contributed by atoms with van der Waals surface area (Å²) >= 11 is 3.28. The third kappa shape index (κ3) is 2.87. The van der Waals surface area contributed by atoms with E-state index < -0.39 is 17.4 Å². The third-order valence-corrected chi connectivity index (χ3v) is 3.46. The summed E-state index contributed by atoms with van der Waals surface area (Å²) in [6.07, 6.45) is 1.37. The van der Waals surface area contributed by atoms with E-state index in [1.165, 1.54) is 6.08 Å². The van der Waals surface area contributed by atoms with Crippen LogP contribution < -0.4 is 0 Å². The molecule has 0 fully saturated rings. The molecule has 102 valence electrons. The maximum atomic E-state index is 12.2. The average molecular weight is 327 g/mol. The summed E-state index contributed by atoms with van der Waals surface area (Å²) in [5.41, 5.74) is -1.40. The lowest BCUT2D eigenvalue weighted by Crippen LogP contribution is -2.45. The van der Waals surface area contributed by atoms with Gasteiger partial charge in [0.05, 0.1) is 6.61 Å². The van der Waals surface area contributed by atoms with Crippen LogP contribution in [-0.2, 0) is 19.7 Å². The molecule has 1 unspecified atom stereocenters. The highest BCUT2D eigenvalue weighted by atomic mass is 79.9. The number of allylic oxidation sites excluding steroid dienone is 1. The SMILES string of the molecule is C=CCC(C(=O)O)(C(=O)OCC)c1ccccc1Br. The molecule has 1 atom stereocenters. The Morgan fingerprint density at radius 2 is 2.11 bits per heavy atom. The minimum atomic E-state index is -1.77. The van der Waals surface area contributed by atoms with E-state index in [-0.39, 0.29) is 13.0 Å². The van der Waals surface area contributed by atoms with Crippen molar-refractivity contribution in [3.63, 3.8) is 0 Å². The number of ether oxygens (including phenoxy) is 1. The van der Waals surface area contributed by atoms with E-state index in [4.69, 9.17) is 4.74 Å². The number of hydrogen-bond acceptors (Lipinski definition) is 3. The number of esters is 1. The van der Waals surface area contributed by atoms with Crippen LogP contribution in [0, 0.1) is 0 Å². The zero-order chi connectivity index (χ0) is 14.5. The summed E-state index contributed by atoms with van der Waals surface area (Å²) in [4.78, 5) is 23.9. The zero-order valence-corrected chi connectivity index (χ0v) is 12.1. The topological polar surface area (TPSA) is 63.6 Å². The van der Waals surface area contributed by atoms with Crippen molar-refractivity contribution in [1.82, 2.24) is 0 Å². The molecule has 0 spiro atoms. The quantitative estimate of drug-likeness (QED) is 0.496. The zero-order valence-electron chi connectivity index (χ0n) is 10.6. The van der Waals surface area contributed by atoms with Crippen molar-refractivity contribution in [2.24, 2.45) is 0 Å². The fourth-order valence-corrected chi connectivity index (χ4v) is 2.49. The van der Waals surface area contributed by atoms with Crippen molar-refractivity contribution in [2.75, 3.05) is 6.61 Å². The fraction of sp³-hybridized carbons (Fsp3) is 0.286. The van der Waals surface area contributed by atoms with Crippen LogP contribution in [-0.4, -0.2) is 23.7 Å². The molecular weight excluding hydrogens is 312 g/mol. The lowest BCUT2D eigenvalue weighted by molar-refractivity contribution is -0.161. The molecule has 0 aliphatic rings. The number of halogens is 1. The van der Waals surface area contributed by atoms with Gasteiger partial charge in [0.1, 0.15) is 0 Å². The molecule has 1 aromatic carbocycles. The van der Waals surface area contributed by atoms with Gasteiger partial charge in [-0.05, 0) is 25.0 Å². The molecule has 4 nitrogen and oxygen atoms in total. The van der Waals surface area contributed by atoms with E-state index in [9.17, 15) is 14.7 Å². The van der Waals surface area contributed by atoms with Crippen molar-refractivity contribution in [2.45, 2.75) is 18.8 Å². The van der Waals surface area contributed by atoms with Crippen LogP contribution in [0.5, 0.6) is 0 Å². The molecule has 0 aliphatic heterocycles.